The predicted molar refractivity (Wildman–Crippen MR) is 216 cm³/mol. The number of rotatable bonds is 2. The average Bonchev–Trinajstić information content (AvgIpc) is 4.01. The number of pyridine rings is 2. The minimum Gasteiger partial charge on any atom is -0.478 e. The van der Waals surface area contributed by atoms with E-state index in [-0.39, 0.29) is 30.6 Å². The third-order valence-corrected chi connectivity index (χ3v) is 9.18. The second kappa shape index (κ2) is 16.3. The molecule has 0 aliphatic carbocycles. The van der Waals surface area contributed by atoms with Crippen molar-refractivity contribution in [2.24, 2.45) is 0 Å². The molecule has 14 nitrogen and oxygen atoms in total. The fourth-order valence-electron chi connectivity index (χ4n) is 6.45. The smallest absolute Gasteiger partial charge is 0.478 e. The molecule has 15 heteroatoms. The number of aromatic carboxylic acids is 2. The first-order valence-electron chi connectivity index (χ1n) is 17.8. The van der Waals surface area contributed by atoms with E-state index in [0.717, 1.165) is 43.8 Å². The molecule has 9 aromatic rings. The van der Waals surface area contributed by atoms with Crippen molar-refractivity contribution in [3.8, 4) is 45.6 Å². The molecule has 0 saturated heterocycles. The van der Waals surface area contributed by atoms with E-state index in [0.29, 0.717) is 45.9 Å². The van der Waals surface area contributed by atoms with E-state index in [2.05, 4.69) is 9.97 Å². The second-order valence-corrected chi connectivity index (χ2v) is 12.7. The number of carbonyl (C=O) groups is 2. The molecule has 0 atom stereocenters. The summed E-state index contributed by atoms with van der Waals surface area (Å²) in [5, 5.41) is 20.3. The van der Waals surface area contributed by atoms with Crippen molar-refractivity contribution in [3.63, 3.8) is 0 Å². The fraction of sp³-hybridized carbons (Fsp3) is 0. The van der Waals surface area contributed by atoms with E-state index in [9.17, 15) is 9.59 Å². The zero-order valence-electron chi connectivity index (χ0n) is 30.4. The number of hydrogen-bond donors (Lipinski definition) is 2. The molecule has 7 heterocycles. The summed E-state index contributed by atoms with van der Waals surface area (Å²) in [5.74, 6) is 0.370. The van der Waals surface area contributed by atoms with Gasteiger partial charge in [-0.05, 0) is 45.8 Å². The van der Waals surface area contributed by atoms with Crippen molar-refractivity contribution in [2.75, 3.05) is 0 Å². The SMILES string of the molecule is O=C(O)c1ccncc1.O=C(O)c1ccncc1.[Ru+2].c1ccc2c(c1)-c1nc-2nc2[n-]c(nc3nc(nc4[n-]c(n1)c1ccccc41)-c1ccccc1-3)c1ccccc21. The van der Waals surface area contributed by atoms with Crippen LogP contribution in [-0.2, 0) is 19.5 Å². The van der Waals surface area contributed by atoms with Crippen molar-refractivity contribution in [3.05, 3.63) is 157 Å². The molecule has 11 rings (SSSR count). The minimum absolute atomic E-state index is 0. The van der Waals surface area contributed by atoms with E-state index in [4.69, 9.17) is 50.1 Å². The van der Waals surface area contributed by atoms with Crippen molar-refractivity contribution in [2.45, 2.75) is 0 Å². The van der Waals surface area contributed by atoms with Crippen LogP contribution in [0.15, 0.2) is 146 Å². The van der Waals surface area contributed by atoms with Crippen molar-refractivity contribution in [1.29, 1.82) is 0 Å². The first kappa shape index (κ1) is 38.0. The van der Waals surface area contributed by atoms with Crippen LogP contribution in [0.3, 0.4) is 0 Å². The minimum atomic E-state index is -0.919. The van der Waals surface area contributed by atoms with Gasteiger partial charge in [0.2, 0.25) is 0 Å². The molecule has 5 aromatic heterocycles. The Morgan fingerprint density at radius 2 is 0.627 bits per heavy atom. The number of nitrogens with zero attached hydrogens (tertiary/aromatic N) is 10. The molecular formula is C44H26N10O4Ru. The number of carboxylic acid groups (broad SMARTS) is 2. The van der Waals surface area contributed by atoms with Crippen LogP contribution < -0.4 is 9.97 Å². The van der Waals surface area contributed by atoms with Gasteiger partial charge in [-0.15, -0.1) is 0 Å². The van der Waals surface area contributed by atoms with Crippen LogP contribution in [0.4, 0.5) is 0 Å². The number of fused-ring (bicyclic) bond motifs is 20. The summed E-state index contributed by atoms with van der Waals surface area (Å²) >= 11 is 0. The Kier molecular flexibility index (Phi) is 10.5. The maximum absolute atomic E-state index is 10.2. The summed E-state index contributed by atoms with van der Waals surface area (Å²) < 4.78 is 0. The Morgan fingerprint density at radius 1 is 0.373 bits per heavy atom. The predicted octanol–water partition coefficient (Wildman–Crippen LogP) is 7.68. The number of benzene rings is 4. The van der Waals surface area contributed by atoms with Gasteiger partial charge in [-0.1, -0.05) is 97.1 Å². The van der Waals surface area contributed by atoms with Crippen LogP contribution in [0.25, 0.3) is 89.7 Å². The van der Waals surface area contributed by atoms with Gasteiger partial charge in [0, 0.05) is 69.6 Å². The van der Waals surface area contributed by atoms with Crippen LogP contribution in [0, 0.1) is 0 Å². The molecule has 4 aromatic carbocycles. The number of aromatic nitrogens is 10. The van der Waals surface area contributed by atoms with E-state index >= 15 is 0 Å². The second-order valence-electron chi connectivity index (χ2n) is 12.7. The van der Waals surface area contributed by atoms with Gasteiger partial charge in [0.15, 0.2) is 0 Å². The monoisotopic (exact) mass is 860 g/mol. The van der Waals surface area contributed by atoms with Gasteiger partial charge >= 0.3 is 31.4 Å². The summed E-state index contributed by atoms with van der Waals surface area (Å²) in [6.45, 7) is 0. The first-order valence-corrected chi connectivity index (χ1v) is 17.8. The zero-order valence-corrected chi connectivity index (χ0v) is 32.1. The van der Waals surface area contributed by atoms with Gasteiger partial charge in [0.05, 0.1) is 34.4 Å². The van der Waals surface area contributed by atoms with Gasteiger partial charge < -0.3 is 40.1 Å². The largest absolute Gasteiger partial charge is 2.00 e. The maximum atomic E-state index is 10.2. The molecule has 284 valence electrons. The van der Waals surface area contributed by atoms with E-state index in [1.54, 1.807) is 0 Å². The van der Waals surface area contributed by atoms with Crippen molar-refractivity contribution >= 4 is 56.1 Å². The third kappa shape index (κ3) is 7.53. The molecule has 0 unspecified atom stereocenters. The topological polar surface area (TPSA) is 206 Å². The van der Waals surface area contributed by atoms with Crippen molar-refractivity contribution in [1.82, 2.24) is 49.8 Å². The van der Waals surface area contributed by atoms with Gasteiger partial charge in [-0.2, -0.15) is 0 Å². The molecule has 0 fully saturated rings. The maximum Gasteiger partial charge on any atom is 2.00 e. The third-order valence-electron chi connectivity index (χ3n) is 9.18. The molecule has 0 amide bonds. The summed E-state index contributed by atoms with van der Waals surface area (Å²) in [6.07, 6.45) is 5.79. The Morgan fingerprint density at radius 3 is 0.864 bits per heavy atom. The Hall–Kier alpha value is -7.90. The van der Waals surface area contributed by atoms with Gasteiger partial charge in [0.25, 0.3) is 0 Å². The van der Waals surface area contributed by atoms with Crippen LogP contribution >= 0.6 is 0 Å². The Labute approximate surface area is 346 Å². The average molecular weight is 860 g/mol. The van der Waals surface area contributed by atoms with Crippen LogP contribution in [-0.4, -0.2) is 62.0 Å². The van der Waals surface area contributed by atoms with E-state index < -0.39 is 11.9 Å². The molecule has 59 heavy (non-hydrogen) atoms. The quantitative estimate of drug-likeness (QED) is 0.160. The Bertz CT molecular complexity index is 2840. The van der Waals surface area contributed by atoms with Gasteiger partial charge in [-0.25, -0.2) is 19.6 Å². The molecule has 2 aliphatic rings. The summed E-state index contributed by atoms with van der Waals surface area (Å²) in [4.78, 5) is 66.9. The summed E-state index contributed by atoms with van der Waals surface area (Å²) in [6, 6.07) is 37.6. The molecule has 0 saturated carbocycles. The normalized spacial score (nSPS) is 10.8. The number of carboxylic acids is 2. The van der Waals surface area contributed by atoms with Crippen molar-refractivity contribution < 1.29 is 39.3 Å². The van der Waals surface area contributed by atoms with Crippen LogP contribution in [0.5, 0.6) is 0 Å². The molecule has 2 N–H and O–H groups in total. The molecule has 8 bridgehead atoms. The van der Waals surface area contributed by atoms with Crippen LogP contribution in [0.2, 0.25) is 0 Å². The van der Waals surface area contributed by atoms with E-state index in [1.165, 1.54) is 49.1 Å². The molecule has 2 aliphatic heterocycles. The summed E-state index contributed by atoms with van der Waals surface area (Å²) in [5.41, 5.74) is 6.32. The standard InChI is InChI=1S/C32H16N8.2C6H5NO2.Ru/c1-2-10-18-17(9-1)25-33-26(18)38-28-21-13-5-6-14-22(21)30(35-28)40-32-24-16-8-7-15-23(24)31(36-32)39-29-20-12-4-3-11-19(20)27(34-29)37-25;2*8-6(9)5-1-3-7-4-2-5;/h1-16H;2*1-4H,(H,8,9);/q-2;;;+2. The van der Waals surface area contributed by atoms with Gasteiger partial charge in [0.1, 0.15) is 0 Å². The van der Waals surface area contributed by atoms with Crippen LogP contribution in [0.1, 0.15) is 20.7 Å². The fourth-order valence-corrected chi connectivity index (χ4v) is 6.45. The number of hydrogen-bond acceptors (Lipinski definition) is 10. The summed E-state index contributed by atoms with van der Waals surface area (Å²) in [7, 11) is 0. The Balaban J connectivity index is 0.000000212. The molecular weight excluding hydrogens is 834 g/mol. The van der Waals surface area contributed by atoms with Gasteiger partial charge in [-0.3, -0.25) is 9.97 Å². The molecule has 0 spiro atoms. The zero-order chi connectivity index (χ0) is 39.6. The molecule has 0 radical (unpaired) electrons. The van der Waals surface area contributed by atoms with E-state index in [1.807, 2.05) is 97.1 Å². The first-order chi connectivity index (χ1) is 28.4.